The van der Waals surface area contributed by atoms with Gasteiger partial charge in [0, 0.05) is 12.6 Å². The maximum absolute atomic E-state index is 13.0. The summed E-state index contributed by atoms with van der Waals surface area (Å²) in [5.41, 5.74) is 1.85. The number of amides is 1. The lowest BCUT2D eigenvalue weighted by Crippen LogP contribution is -2.45. The summed E-state index contributed by atoms with van der Waals surface area (Å²) >= 11 is 0. The van der Waals surface area contributed by atoms with Crippen molar-refractivity contribution in [3.05, 3.63) is 59.4 Å². The van der Waals surface area contributed by atoms with Crippen molar-refractivity contribution in [3.8, 4) is 11.5 Å². The minimum Gasteiger partial charge on any atom is -0.493 e. The fraction of sp³-hybridized carbons (Fsp3) is 0.409. The molecule has 5 nitrogen and oxygen atoms in total. The molecule has 2 N–H and O–H groups in total. The van der Waals surface area contributed by atoms with Crippen LogP contribution in [-0.4, -0.2) is 25.1 Å². The maximum atomic E-state index is 13.0. The molecule has 2 rings (SSSR count). The number of methoxy groups -OCH3 is 1. The molecular weight excluding hydrogens is 359 g/mol. The molecule has 0 saturated heterocycles. The SMILES string of the molecule is CCC(C)NC(=O)C(C)NCc1ccc(OCc2ccc(F)cc2)c(OC)c1. The van der Waals surface area contributed by atoms with Crippen LogP contribution in [0, 0.1) is 5.82 Å². The highest BCUT2D eigenvalue weighted by Crippen LogP contribution is 2.29. The van der Waals surface area contributed by atoms with Gasteiger partial charge in [0.15, 0.2) is 11.5 Å². The summed E-state index contributed by atoms with van der Waals surface area (Å²) in [5.74, 6) is 0.932. The van der Waals surface area contributed by atoms with E-state index in [2.05, 4.69) is 10.6 Å². The fourth-order valence-electron chi connectivity index (χ4n) is 2.52. The van der Waals surface area contributed by atoms with E-state index in [4.69, 9.17) is 9.47 Å². The number of halogens is 1. The van der Waals surface area contributed by atoms with Gasteiger partial charge in [-0.2, -0.15) is 0 Å². The zero-order valence-corrected chi connectivity index (χ0v) is 16.9. The van der Waals surface area contributed by atoms with Gasteiger partial charge >= 0.3 is 0 Å². The second kappa shape index (κ2) is 10.7. The van der Waals surface area contributed by atoms with E-state index < -0.39 is 0 Å². The Labute approximate surface area is 166 Å². The lowest BCUT2D eigenvalue weighted by atomic mass is 10.1. The molecule has 0 radical (unpaired) electrons. The first-order valence-electron chi connectivity index (χ1n) is 9.50. The summed E-state index contributed by atoms with van der Waals surface area (Å²) < 4.78 is 24.2. The molecular formula is C22H29FN2O3. The summed E-state index contributed by atoms with van der Waals surface area (Å²) in [6.07, 6.45) is 0.898. The molecule has 0 aliphatic heterocycles. The largest absolute Gasteiger partial charge is 0.493 e. The van der Waals surface area contributed by atoms with Crippen molar-refractivity contribution in [2.45, 2.75) is 52.4 Å². The third-order valence-electron chi connectivity index (χ3n) is 4.54. The Morgan fingerprint density at radius 3 is 2.39 bits per heavy atom. The van der Waals surface area contributed by atoms with Crippen molar-refractivity contribution < 1.29 is 18.7 Å². The Hall–Kier alpha value is -2.60. The number of hydrogen-bond donors (Lipinski definition) is 2. The lowest BCUT2D eigenvalue weighted by molar-refractivity contribution is -0.123. The first kappa shape index (κ1) is 21.7. The quantitative estimate of drug-likeness (QED) is 0.650. The molecule has 0 heterocycles. The van der Waals surface area contributed by atoms with Crippen LogP contribution in [0.3, 0.4) is 0 Å². The molecule has 0 bridgehead atoms. The highest BCUT2D eigenvalue weighted by atomic mass is 19.1. The van der Waals surface area contributed by atoms with E-state index in [1.54, 1.807) is 19.2 Å². The van der Waals surface area contributed by atoms with Crippen LogP contribution in [0.1, 0.15) is 38.3 Å². The highest BCUT2D eigenvalue weighted by molar-refractivity contribution is 5.81. The van der Waals surface area contributed by atoms with Crippen LogP contribution in [0.5, 0.6) is 11.5 Å². The Kier molecular flexibility index (Phi) is 8.26. The van der Waals surface area contributed by atoms with Crippen LogP contribution < -0.4 is 20.1 Å². The summed E-state index contributed by atoms with van der Waals surface area (Å²) in [4.78, 5) is 12.1. The molecule has 152 valence electrons. The highest BCUT2D eigenvalue weighted by Gasteiger charge is 2.14. The van der Waals surface area contributed by atoms with Gasteiger partial charge in [-0.15, -0.1) is 0 Å². The number of nitrogens with one attached hydrogen (secondary N) is 2. The number of ether oxygens (including phenoxy) is 2. The minimum atomic E-state index is -0.297. The number of carbonyl (C=O) groups excluding carboxylic acids is 1. The molecule has 28 heavy (non-hydrogen) atoms. The van der Waals surface area contributed by atoms with Gasteiger partial charge in [-0.1, -0.05) is 25.1 Å². The second-order valence-electron chi connectivity index (χ2n) is 6.82. The van der Waals surface area contributed by atoms with Crippen LogP contribution in [0.2, 0.25) is 0 Å². The molecule has 2 aromatic carbocycles. The normalized spacial score (nSPS) is 12.9. The summed E-state index contributed by atoms with van der Waals surface area (Å²) in [6, 6.07) is 11.7. The Morgan fingerprint density at radius 2 is 1.75 bits per heavy atom. The summed E-state index contributed by atoms with van der Waals surface area (Å²) in [5, 5.41) is 6.18. The fourth-order valence-corrected chi connectivity index (χ4v) is 2.52. The van der Waals surface area contributed by atoms with Gasteiger partial charge in [0.25, 0.3) is 0 Å². The molecule has 0 aliphatic rings. The van der Waals surface area contributed by atoms with E-state index in [9.17, 15) is 9.18 Å². The molecule has 2 aromatic rings. The third-order valence-corrected chi connectivity index (χ3v) is 4.54. The van der Waals surface area contributed by atoms with Crippen molar-refractivity contribution in [1.29, 1.82) is 0 Å². The number of benzene rings is 2. The second-order valence-corrected chi connectivity index (χ2v) is 6.82. The van der Waals surface area contributed by atoms with Crippen molar-refractivity contribution in [2.24, 2.45) is 0 Å². The zero-order valence-electron chi connectivity index (χ0n) is 16.9. The van der Waals surface area contributed by atoms with Crippen LogP contribution in [0.25, 0.3) is 0 Å². The Morgan fingerprint density at radius 1 is 1.07 bits per heavy atom. The van der Waals surface area contributed by atoms with Gasteiger partial charge in [0.1, 0.15) is 12.4 Å². The van der Waals surface area contributed by atoms with Crippen LogP contribution in [0.15, 0.2) is 42.5 Å². The lowest BCUT2D eigenvalue weighted by Gasteiger charge is -2.18. The van der Waals surface area contributed by atoms with Crippen LogP contribution in [0.4, 0.5) is 4.39 Å². The predicted octanol–water partition coefficient (Wildman–Crippen LogP) is 3.81. The maximum Gasteiger partial charge on any atom is 0.237 e. The topological polar surface area (TPSA) is 59.6 Å². The molecule has 1 amide bonds. The molecule has 0 spiro atoms. The van der Waals surface area contributed by atoms with Crippen molar-refractivity contribution >= 4 is 5.91 Å². The van der Waals surface area contributed by atoms with Crippen LogP contribution >= 0.6 is 0 Å². The van der Waals surface area contributed by atoms with E-state index >= 15 is 0 Å². The van der Waals surface area contributed by atoms with Crippen molar-refractivity contribution in [3.63, 3.8) is 0 Å². The van der Waals surface area contributed by atoms with E-state index in [1.165, 1.54) is 12.1 Å². The van der Waals surface area contributed by atoms with Gasteiger partial charge in [-0.05, 0) is 55.7 Å². The molecule has 0 aromatic heterocycles. The summed E-state index contributed by atoms with van der Waals surface area (Å²) in [7, 11) is 1.58. The van der Waals surface area contributed by atoms with Crippen LogP contribution in [-0.2, 0) is 17.9 Å². The first-order chi connectivity index (χ1) is 13.4. The van der Waals surface area contributed by atoms with E-state index in [-0.39, 0.29) is 23.8 Å². The molecule has 2 unspecified atom stereocenters. The first-order valence-corrected chi connectivity index (χ1v) is 9.50. The molecule has 2 atom stereocenters. The number of rotatable bonds is 10. The Bertz CT molecular complexity index is 765. The van der Waals surface area contributed by atoms with E-state index in [0.717, 1.165) is 17.5 Å². The molecule has 0 saturated carbocycles. The zero-order chi connectivity index (χ0) is 20.5. The third kappa shape index (κ3) is 6.53. The number of hydrogen-bond acceptors (Lipinski definition) is 4. The minimum absolute atomic E-state index is 0.0134. The smallest absolute Gasteiger partial charge is 0.237 e. The van der Waals surface area contributed by atoms with Gasteiger partial charge in [0.2, 0.25) is 5.91 Å². The van der Waals surface area contributed by atoms with Gasteiger partial charge < -0.3 is 20.1 Å². The average molecular weight is 388 g/mol. The molecule has 0 fully saturated rings. The van der Waals surface area contributed by atoms with Gasteiger partial charge in [-0.25, -0.2) is 4.39 Å². The standard InChI is InChI=1S/C22H29FN2O3/c1-5-15(2)25-22(26)16(3)24-13-18-8-11-20(21(12-18)27-4)28-14-17-6-9-19(23)10-7-17/h6-12,15-16,24H,5,13-14H2,1-4H3,(H,25,26). The van der Waals surface area contributed by atoms with E-state index in [0.29, 0.717) is 24.7 Å². The average Bonchev–Trinajstić information content (AvgIpc) is 2.71. The monoisotopic (exact) mass is 388 g/mol. The predicted molar refractivity (Wildman–Crippen MR) is 108 cm³/mol. The summed E-state index contributed by atoms with van der Waals surface area (Å²) in [6.45, 7) is 6.72. The van der Waals surface area contributed by atoms with Gasteiger partial charge in [0.05, 0.1) is 13.2 Å². The number of carbonyl (C=O) groups is 1. The molecule has 6 heteroatoms. The van der Waals surface area contributed by atoms with Crippen molar-refractivity contribution in [2.75, 3.05) is 7.11 Å². The van der Waals surface area contributed by atoms with Crippen molar-refractivity contribution in [1.82, 2.24) is 10.6 Å². The Balaban J connectivity index is 1.92. The van der Waals surface area contributed by atoms with Gasteiger partial charge in [-0.3, -0.25) is 4.79 Å². The molecule has 0 aliphatic carbocycles. The van der Waals surface area contributed by atoms with E-state index in [1.807, 2.05) is 39.0 Å².